The molecule has 0 saturated carbocycles. The number of ether oxygens (including phenoxy) is 1. The van der Waals surface area contributed by atoms with E-state index >= 15 is 0 Å². The molecule has 0 radical (unpaired) electrons. The summed E-state index contributed by atoms with van der Waals surface area (Å²) in [5.74, 6) is -1.61. The van der Waals surface area contributed by atoms with Crippen LogP contribution in [0.4, 0.5) is 18.0 Å². The molecule has 3 rings (SSSR count). The number of benzene rings is 1. The Hall–Kier alpha value is -2.44. The number of hydrogen-bond acceptors (Lipinski definition) is 7. The third-order valence-electron chi connectivity index (χ3n) is 6.56. The number of amides is 1. The van der Waals surface area contributed by atoms with Gasteiger partial charge in [-0.05, 0) is 36.2 Å². The molecule has 0 bridgehead atoms. The summed E-state index contributed by atoms with van der Waals surface area (Å²) in [4.78, 5) is 17.7. The molecule has 1 N–H and O–H groups in total. The molecule has 1 amide bonds. The Morgan fingerprint density at radius 1 is 1.31 bits per heavy atom. The first-order valence-electron chi connectivity index (χ1n) is 11.5. The average Bonchev–Trinajstić information content (AvgIpc) is 3.42. The number of carbonyl (C=O) groups excluding carboxylic acids is 1. The van der Waals surface area contributed by atoms with Gasteiger partial charge in [-0.3, -0.25) is 4.90 Å². The maximum atomic E-state index is 12.9. The Labute approximate surface area is 204 Å². The van der Waals surface area contributed by atoms with Crippen molar-refractivity contribution in [3.63, 3.8) is 0 Å². The van der Waals surface area contributed by atoms with Gasteiger partial charge in [0, 0.05) is 32.2 Å². The summed E-state index contributed by atoms with van der Waals surface area (Å²) in [6.07, 6.45) is -5.01. The minimum absolute atomic E-state index is 0.1000. The van der Waals surface area contributed by atoms with Gasteiger partial charge in [-0.15, -0.1) is 0 Å². The predicted octanol–water partition coefficient (Wildman–Crippen LogP) is 5.25. The molecule has 1 saturated heterocycles. The van der Waals surface area contributed by atoms with Crippen molar-refractivity contribution in [2.24, 2.45) is 0 Å². The molecule has 1 aromatic heterocycles. The molecule has 194 valence electrons. The number of likely N-dealkylation sites (tertiary alicyclic amines) is 1. The summed E-state index contributed by atoms with van der Waals surface area (Å²) in [5, 5.41) is 6.00. The third kappa shape index (κ3) is 6.82. The largest absolute Gasteiger partial charge is 0.471 e. The first kappa shape index (κ1) is 27.1. The number of carbonyl (C=O) groups is 1. The van der Waals surface area contributed by atoms with Gasteiger partial charge in [0.25, 0.3) is 0 Å². The molecular formula is C23H33F3N4O4Si. The Morgan fingerprint density at radius 3 is 2.63 bits per heavy atom. The second-order valence-corrected chi connectivity index (χ2v) is 15.0. The molecule has 2 heterocycles. The van der Waals surface area contributed by atoms with Crippen molar-refractivity contribution >= 4 is 14.4 Å². The average molecular weight is 515 g/mol. The van der Waals surface area contributed by atoms with Gasteiger partial charge in [0.1, 0.15) is 6.10 Å². The normalized spacial score (nSPS) is 18.5. The van der Waals surface area contributed by atoms with E-state index in [9.17, 15) is 18.0 Å². The van der Waals surface area contributed by atoms with Crippen molar-refractivity contribution < 1.29 is 31.7 Å². The molecule has 35 heavy (non-hydrogen) atoms. The van der Waals surface area contributed by atoms with Crippen molar-refractivity contribution in [1.82, 2.24) is 20.4 Å². The van der Waals surface area contributed by atoms with Gasteiger partial charge in [-0.25, -0.2) is 4.79 Å². The number of alkyl halides is 3. The van der Waals surface area contributed by atoms with Gasteiger partial charge in [-0.2, -0.15) is 18.2 Å². The number of hydrogen-bond donors (Lipinski definition) is 1. The summed E-state index contributed by atoms with van der Waals surface area (Å²) in [7, 11) is -0.452. The lowest BCUT2D eigenvalue weighted by Gasteiger charge is -2.38. The van der Waals surface area contributed by atoms with Crippen molar-refractivity contribution in [2.45, 2.75) is 63.7 Å². The number of aromatic nitrogens is 2. The fraction of sp³-hybridized carbons (Fsp3) is 0.609. The number of nitrogens with zero attached hydrogens (tertiary/aromatic N) is 3. The van der Waals surface area contributed by atoms with Crippen LogP contribution in [0.3, 0.4) is 0 Å². The molecule has 1 unspecified atom stereocenters. The Kier molecular flexibility index (Phi) is 7.97. The fourth-order valence-corrected chi connectivity index (χ4v) is 5.00. The fourth-order valence-electron chi connectivity index (χ4n) is 3.62. The zero-order chi connectivity index (χ0) is 26.0. The summed E-state index contributed by atoms with van der Waals surface area (Å²) in [6.45, 7) is 13.0. The summed E-state index contributed by atoms with van der Waals surface area (Å²) < 4.78 is 55.1. The van der Waals surface area contributed by atoms with Gasteiger partial charge in [0.15, 0.2) is 8.32 Å². The third-order valence-corrected chi connectivity index (χ3v) is 11.1. The maximum absolute atomic E-state index is 12.9. The number of alkyl carbamates (subject to hydrolysis) is 1. The second-order valence-electron chi connectivity index (χ2n) is 10.2. The summed E-state index contributed by atoms with van der Waals surface area (Å²) in [6, 6.07) is 6.59. The molecule has 2 aromatic rings. The van der Waals surface area contributed by atoms with Gasteiger partial charge in [0.2, 0.25) is 5.82 Å². The van der Waals surface area contributed by atoms with Crippen LogP contribution in [-0.2, 0) is 15.3 Å². The molecule has 1 aliphatic heterocycles. The lowest BCUT2D eigenvalue weighted by atomic mass is 10.0. The highest BCUT2D eigenvalue weighted by Crippen LogP contribution is 2.38. The second kappa shape index (κ2) is 10.3. The molecule has 8 nitrogen and oxygen atoms in total. The van der Waals surface area contributed by atoms with E-state index in [0.29, 0.717) is 24.2 Å². The standard InChI is InChI=1S/C23H33F3N4O4Si/c1-22(2,3)35(5,6)34-17-10-11-30(13-17)14-18(32-21(31)27-4)15-8-7-9-16(12-15)19-28-20(33-29-19)23(24,25)26/h7-9,12,17-18H,10-11,13-14H2,1-6H3,(H,27,31)/t17-,18?/m0/s1. The van der Waals surface area contributed by atoms with Crippen molar-refractivity contribution in [1.29, 1.82) is 0 Å². The minimum atomic E-state index is -4.73. The van der Waals surface area contributed by atoms with Crippen LogP contribution in [-0.4, -0.2) is 62.2 Å². The molecule has 0 spiro atoms. The predicted molar refractivity (Wildman–Crippen MR) is 126 cm³/mol. The Morgan fingerprint density at radius 2 is 2.03 bits per heavy atom. The van der Waals surface area contributed by atoms with E-state index in [1.807, 2.05) is 0 Å². The lowest BCUT2D eigenvalue weighted by Crippen LogP contribution is -2.44. The summed E-state index contributed by atoms with van der Waals surface area (Å²) >= 11 is 0. The van der Waals surface area contributed by atoms with Crippen molar-refractivity contribution in [3.05, 3.63) is 35.7 Å². The molecule has 2 atom stereocenters. The van der Waals surface area contributed by atoms with E-state index < -0.39 is 32.6 Å². The molecular weight excluding hydrogens is 481 g/mol. The minimum Gasteiger partial charge on any atom is -0.440 e. The number of nitrogens with one attached hydrogen (secondary N) is 1. The van der Waals surface area contributed by atoms with E-state index in [2.05, 4.69) is 58.7 Å². The molecule has 1 fully saturated rings. The van der Waals surface area contributed by atoms with Gasteiger partial charge < -0.3 is 19.0 Å². The van der Waals surface area contributed by atoms with Gasteiger partial charge >= 0.3 is 18.2 Å². The monoisotopic (exact) mass is 514 g/mol. The number of halogens is 3. The smallest absolute Gasteiger partial charge is 0.440 e. The van der Waals surface area contributed by atoms with Crippen LogP contribution in [0.25, 0.3) is 11.4 Å². The van der Waals surface area contributed by atoms with E-state index in [1.54, 1.807) is 24.3 Å². The highest BCUT2D eigenvalue weighted by atomic mass is 28.4. The van der Waals surface area contributed by atoms with Crippen LogP contribution in [0.1, 0.15) is 44.8 Å². The summed E-state index contributed by atoms with van der Waals surface area (Å²) in [5.41, 5.74) is 0.936. The van der Waals surface area contributed by atoms with E-state index in [-0.39, 0.29) is 17.0 Å². The highest BCUT2D eigenvalue weighted by Gasteiger charge is 2.41. The van der Waals surface area contributed by atoms with Crippen LogP contribution in [0.2, 0.25) is 18.1 Å². The van der Waals surface area contributed by atoms with Crippen molar-refractivity contribution in [3.8, 4) is 11.4 Å². The van der Waals surface area contributed by atoms with E-state index in [4.69, 9.17) is 9.16 Å². The highest BCUT2D eigenvalue weighted by molar-refractivity contribution is 6.74. The first-order valence-corrected chi connectivity index (χ1v) is 14.4. The zero-order valence-corrected chi connectivity index (χ0v) is 21.9. The van der Waals surface area contributed by atoms with E-state index in [0.717, 1.165) is 13.0 Å². The van der Waals surface area contributed by atoms with Gasteiger partial charge in [0.05, 0.1) is 6.10 Å². The van der Waals surface area contributed by atoms with Crippen LogP contribution < -0.4 is 5.32 Å². The SMILES string of the molecule is CNC(=O)OC(CN1CC[C@H](O[Si](C)(C)C(C)(C)C)C1)c1cccc(-c2noc(C(F)(F)F)n2)c1. The van der Waals surface area contributed by atoms with Crippen LogP contribution in [0.5, 0.6) is 0 Å². The quantitative estimate of drug-likeness (QED) is 0.505. The van der Waals surface area contributed by atoms with Crippen LogP contribution in [0.15, 0.2) is 28.8 Å². The Bertz CT molecular complexity index is 1020. The zero-order valence-electron chi connectivity index (χ0n) is 20.9. The van der Waals surface area contributed by atoms with E-state index in [1.165, 1.54) is 7.05 Å². The molecule has 1 aromatic carbocycles. The van der Waals surface area contributed by atoms with Crippen molar-refractivity contribution in [2.75, 3.05) is 26.7 Å². The maximum Gasteiger partial charge on any atom is 0.471 e. The first-order chi connectivity index (χ1) is 16.2. The topological polar surface area (TPSA) is 89.7 Å². The van der Waals surface area contributed by atoms with Gasteiger partial charge in [-0.1, -0.05) is 44.1 Å². The molecule has 1 aliphatic rings. The number of rotatable bonds is 7. The van der Waals surface area contributed by atoms with Crippen LogP contribution in [0, 0.1) is 0 Å². The molecule has 0 aliphatic carbocycles. The molecule has 12 heteroatoms. The lowest BCUT2D eigenvalue weighted by molar-refractivity contribution is -0.159. The Balaban J connectivity index is 1.76. The van der Waals surface area contributed by atoms with Crippen LogP contribution >= 0.6 is 0 Å².